The number of nitrogens with one attached hydrogen (secondary N) is 2. The molecule has 2 rings (SSSR count). The Hall–Kier alpha value is -2.43. The van der Waals surface area contributed by atoms with Crippen molar-refractivity contribution < 1.29 is 4.79 Å². The predicted molar refractivity (Wildman–Crippen MR) is 87.6 cm³/mol. The highest BCUT2D eigenvalue weighted by atomic mass is 16.1. The van der Waals surface area contributed by atoms with Crippen molar-refractivity contribution in [3.63, 3.8) is 0 Å². The highest BCUT2D eigenvalue weighted by molar-refractivity contribution is 5.94. The van der Waals surface area contributed by atoms with E-state index in [1.54, 1.807) is 30.7 Å². The minimum absolute atomic E-state index is 0.0625. The van der Waals surface area contributed by atoms with Gasteiger partial charge in [-0.3, -0.25) is 9.78 Å². The van der Waals surface area contributed by atoms with Gasteiger partial charge in [-0.15, -0.1) is 0 Å². The van der Waals surface area contributed by atoms with Gasteiger partial charge in [-0.05, 0) is 36.1 Å². The van der Waals surface area contributed by atoms with E-state index < -0.39 is 0 Å². The molecule has 0 aliphatic carbocycles. The van der Waals surface area contributed by atoms with Crippen LogP contribution >= 0.6 is 0 Å². The number of pyridine rings is 2. The summed E-state index contributed by atoms with van der Waals surface area (Å²) in [5, 5.41) is 6.13. The number of carbonyl (C=O) groups is 1. The number of amides is 1. The zero-order chi connectivity index (χ0) is 15.8. The van der Waals surface area contributed by atoms with Crippen molar-refractivity contribution in [2.75, 3.05) is 11.9 Å². The molecule has 0 aliphatic heterocycles. The summed E-state index contributed by atoms with van der Waals surface area (Å²) < 4.78 is 0. The second kappa shape index (κ2) is 8.12. The van der Waals surface area contributed by atoms with Crippen LogP contribution in [0.25, 0.3) is 0 Å². The van der Waals surface area contributed by atoms with Gasteiger partial charge in [0.2, 0.25) is 0 Å². The normalized spacial score (nSPS) is 10.5. The van der Waals surface area contributed by atoms with Crippen LogP contribution in [0, 0.1) is 5.92 Å². The molecule has 0 atom stereocenters. The molecule has 1 amide bonds. The standard InChI is InChI=1S/C17H22N4O/c1-13(2)5-8-20-17(22)15-6-9-19-16(10-15)21-12-14-4-3-7-18-11-14/h3-4,6-7,9-11,13H,5,8,12H2,1-2H3,(H,19,21)(H,20,22). The van der Waals surface area contributed by atoms with Crippen LogP contribution in [0.2, 0.25) is 0 Å². The minimum atomic E-state index is -0.0625. The Kier molecular flexibility index (Phi) is 5.89. The summed E-state index contributed by atoms with van der Waals surface area (Å²) in [5.41, 5.74) is 1.68. The average Bonchev–Trinajstić information content (AvgIpc) is 2.54. The third kappa shape index (κ3) is 5.16. The first-order valence-electron chi connectivity index (χ1n) is 7.52. The Morgan fingerprint density at radius 3 is 2.86 bits per heavy atom. The number of hydrogen-bond acceptors (Lipinski definition) is 4. The van der Waals surface area contributed by atoms with Gasteiger partial charge in [0.05, 0.1) is 0 Å². The molecule has 0 spiro atoms. The summed E-state index contributed by atoms with van der Waals surface area (Å²) in [5.74, 6) is 1.20. The fraction of sp³-hybridized carbons (Fsp3) is 0.353. The molecule has 0 bridgehead atoms. The maximum absolute atomic E-state index is 12.1. The van der Waals surface area contributed by atoms with Crippen molar-refractivity contribution in [2.24, 2.45) is 5.92 Å². The second-order valence-corrected chi connectivity index (χ2v) is 5.58. The van der Waals surface area contributed by atoms with Gasteiger partial charge in [-0.25, -0.2) is 4.98 Å². The SMILES string of the molecule is CC(C)CCNC(=O)c1ccnc(NCc2cccnc2)c1. The lowest BCUT2D eigenvalue weighted by Gasteiger charge is -2.09. The van der Waals surface area contributed by atoms with Gasteiger partial charge in [0.15, 0.2) is 0 Å². The maximum Gasteiger partial charge on any atom is 0.251 e. The van der Waals surface area contributed by atoms with Gasteiger partial charge < -0.3 is 10.6 Å². The molecule has 0 saturated carbocycles. The van der Waals surface area contributed by atoms with E-state index in [9.17, 15) is 4.79 Å². The van der Waals surface area contributed by atoms with Gasteiger partial charge >= 0.3 is 0 Å². The first-order chi connectivity index (χ1) is 10.6. The van der Waals surface area contributed by atoms with Crippen molar-refractivity contribution in [1.82, 2.24) is 15.3 Å². The van der Waals surface area contributed by atoms with Crippen molar-refractivity contribution in [1.29, 1.82) is 0 Å². The van der Waals surface area contributed by atoms with Crippen LogP contribution in [-0.4, -0.2) is 22.4 Å². The minimum Gasteiger partial charge on any atom is -0.366 e. The largest absolute Gasteiger partial charge is 0.366 e. The Labute approximate surface area is 131 Å². The summed E-state index contributed by atoms with van der Waals surface area (Å²) in [7, 11) is 0. The van der Waals surface area contributed by atoms with Crippen LogP contribution in [0.5, 0.6) is 0 Å². The van der Waals surface area contributed by atoms with Crippen LogP contribution < -0.4 is 10.6 Å². The maximum atomic E-state index is 12.1. The lowest BCUT2D eigenvalue weighted by molar-refractivity contribution is 0.0952. The van der Waals surface area contributed by atoms with Crippen molar-refractivity contribution in [3.8, 4) is 0 Å². The summed E-state index contributed by atoms with van der Waals surface area (Å²) in [6, 6.07) is 7.37. The monoisotopic (exact) mass is 298 g/mol. The van der Waals surface area contributed by atoms with Crippen LogP contribution in [0.4, 0.5) is 5.82 Å². The van der Waals surface area contributed by atoms with Crippen LogP contribution in [0.3, 0.4) is 0 Å². The molecule has 0 saturated heterocycles. The Bertz CT molecular complexity index is 599. The summed E-state index contributed by atoms with van der Waals surface area (Å²) in [4.78, 5) is 20.4. The number of rotatable bonds is 7. The fourth-order valence-electron chi connectivity index (χ4n) is 1.94. The molecule has 5 heteroatoms. The lowest BCUT2D eigenvalue weighted by Crippen LogP contribution is -2.25. The highest BCUT2D eigenvalue weighted by Gasteiger charge is 2.06. The van der Waals surface area contributed by atoms with Crippen LogP contribution in [0.15, 0.2) is 42.9 Å². The van der Waals surface area contributed by atoms with E-state index in [-0.39, 0.29) is 5.91 Å². The molecule has 0 aromatic carbocycles. The van der Waals surface area contributed by atoms with E-state index in [1.807, 2.05) is 12.1 Å². The molecule has 2 heterocycles. The van der Waals surface area contributed by atoms with Crippen molar-refractivity contribution >= 4 is 11.7 Å². The van der Waals surface area contributed by atoms with Gasteiger partial charge in [0.25, 0.3) is 5.91 Å². The van der Waals surface area contributed by atoms with Crippen LogP contribution in [0.1, 0.15) is 36.2 Å². The number of hydrogen-bond donors (Lipinski definition) is 2. The van der Waals surface area contributed by atoms with Crippen molar-refractivity contribution in [3.05, 3.63) is 54.0 Å². The average molecular weight is 298 g/mol. The molecule has 22 heavy (non-hydrogen) atoms. The highest BCUT2D eigenvalue weighted by Crippen LogP contribution is 2.09. The molecule has 0 radical (unpaired) electrons. The first-order valence-corrected chi connectivity index (χ1v) is 7.52. The zero-order valence-corrected chi connectivity index (χ0v) is 13.0. The smallest absolute Gasteiger partial charge is 0.251 e. The molecule has 2 aromatic rings. The molecule has 116 valence electrons. The first kappa shape index (κ1) is 15.9. The van der Waals surface area contributed by atoms with E-state index in [0.29, 0.717) is 30.4 Å². The zero-order valence-electron chi connectivity index (χ0n) is 13.0. The van der Waals surface area contributed by atoms with Crippen molar-refractivity contribution in [2.45, 2.75) is 26.8 Å². The molecule has 5 nitrogen and oxygen atoms in total. The third-order valence-corrected chi connectivity index (χ3v) is 3.23. The number of carbonyl (C=O) groups excluding carboxylic acids is 1. The predicted octanol–water partition coefficient (Wildman–Crippen LogP) is 2.86. The van der Waals surface area contributed by atoms with E-state index >= 15 is 0 Å². The number of aromatic nitrogens is 2. The van der Waals surface area contributed by atoms with E-state index in [2.05, 4.69) is 34.4 Å². The number of anilines is 1. The Morgan fingerprint density at radius 2 is 2.14 bits per heavy atom. The summed E-state index contributed by atoms with van der Waals surface area (Å²) in [6.45, 7) is 5.59. The van der Waals surface area contributed by atoms with Gasteiger partial charge in [-0.1, -0.05) is 19.9 Å². The third-order valence-electron chi connectivity index (χ3n) is 3.23. The topological polar surface area (TPSA) is 66.9 Å². The van der Waals surface area contributed by atoms with Gasteiger partial charge in [0.1, 0.15) is 5.82 Å². The van der Waals surface area contributed by atoms with Gasteiger partial charge in [-0.2, -0.15) is 0 Å². The summed E-state index contributed by atoms with van der Waals surface area (Å²) >= 11 is 0. The molecular formula is C17H22N4O. The number of nitrogens with zero attached hydrogens (tertiary/aromatic N) is 2. The molecular weight excluding hydrogens is 276 g/mol. The quantitative estimate of drug-likeness (QED) is 0.825. The molecule has 0 unspecified atom stereocenters. The van der Waals surface area contributed by atoms with Crippen LogP contribution in [-0.2, 0) is 6.54 Å². The van der Waals surface area contributed by atoms with E-state index in [0.717, 1.165) is 12.0 Å². The second-order valence-electron chi connectivity index (χ2n) is 5.58. The molecule has 2 N–H and O–H groups in total. The Morgan fingerprint density at radius 1 is 1.27 bits per heavy atom. The molecule has 0 fully saturated rings. The van der Waals surface area contributed by atoms with E-state index in [1.165, 1.54) is 0 Å². The lowest BCUT2D eigenvalue weighted by atomic mass is 10.1. The molecule has 0 aliphatic rings. The Balaban J connectivity index is 1.90. The van der Waals surface area contributed by atoms with Gasteiger partial charge in [0, 0.05) is 37.2 Å². The summed E-state index contributed by atoms with van der Waals surface area (Å²) in [6.07, 6.45) is 6.16. The molecule has 2 aromatic heterocycles. The fourth-order valence-corrected chi connectivity index (χ4v) is 1.94. The van der Waals surface area contributed by atoms with E-state index in [4.69, 9.17) is 0 Å².